The largest absolute Gasteiger partial charge is 0.383 e. The van der Waals surface area contributed by atoms with Gasteiger partial charge in [0.1, 0.15) is 23.1 Å². The van der Waals surface area contributed by atoms with Crippen molar-refractivity contribution < 1.29 is 17.9 Å². The number of rotatable bonds is 10. The summed E-state index contributed by atoms with van der Waals surface area (Å²) in [6.07, 6.45) is 6.22. The SMILES string of the molecule is COC[C@H](C)N[C@H]1CC[C@H](Nc2cc(-c3ccc(F)c(NCC4(F)CC4)c3)c(F)cn2)CC1. The smallest absolute Gasteiger partial charge is 0.149 e. The van der Waals surface area contributed by atoms with Crippen molar-refractivity contribution >= 4 is 11.5 Å². The van der Waals surface area contributed by atoms with Gasteiger partial charge in [0.05, 0.1) is 18.5 Å². The number of halogens is 3. The van der Waals surface area contributed by atoms with Gasteiger partial charge in [-0.25, -0.2) is 18.2 Å². The van der Waals surface area contributed by atoms with E-state index in [2.05, 4.69) is 27.9 Å². The van der Waals surface area contributed by atoms with Crippen LogP contribution in [0.1, 0.15) is 45.4 Å². The van der Waals surface area contributed by atoms with Gasteiger partial charge in [0, 0.05) is 37.3 Å². The van der Waals surface area contributed by atoms with Crippen molar-refractivity contribution in [3.05, 3.63) is 42.1 Å². The van der Waals surface area contributed by atoms with Gasteiger partial charge in [-0.15, -0.1) is 0 Å². The number of anilines is 2. The second kappa shape index (κ2) is 10.3. The Bertz CT molecular complexity index is 945. The van der Waals surface area contributed by atoms with Crippen molar-refractivity contribution in [2.45, 2.75) is 69.2 Å². The van der Waals surface area contributed by atoms with Crippen LogP contribution in [0.25, 0.3) is 11.1 Å². The maximum atomic E-state index is 14.6. The summed E-state index contributed by atoms with van der Waals surface area (Å²) in [5.74, 6) is -0.376. The number of ether oxygens (including phenoxy) is 1. The number of nitrogens with one attached hydrogen (secondary N) is 3. The quantitative estimate of drug-likeness (QED) is 0.448. The molecular weight excluding hydrogens is 429 g/mol. The maximum absolute atomic E-state index is 14.6. The number of hydrogen-bond acceptors (Lipinski definition) is 5. The van der Waals surface area contributed by atoms with Gasteiger partial charge in [-0.1, -0.05) is 6.07 Å². The number of pyridine rings is 1. The lowest BCUT2D eigenvalue weighted by molar-refractivity contribution is 0.161. The third-order valence-electron chi connectivity index (χ3n) is 6.54. The van der Waals surface area contributed by atoms with Gasteiger partial charge >= 0.3 is 0 Å². The molecule has 0 bridgehead atoms. The summed E-state index contributed by atoms with van der Waals surface area (Å²) in [5, 5.41) is 9.86. The zero-order valence-electron chi connectivity index (χ0n) is 19.3. The zero-order valence-corrected chi connectivity index (χ0v) is 19.3. The van der Waals surface area contributed by atoms with Gasteiger partial charge < -0.3 is 20.7 Å². The highest BCUT2D eigenvalue weighted by Gasteiger charge is 2.42. The van der Waals surface area contributed by atoms with E-state index in [1.807, 2.05) is 0 Å². The van der Waals surface area contributed by atoms with Crippen LogP contribution in [0.4, 0.5) is 24.7 Å². The van der Waals surface area contributed by atoms with Crippen molar-refractivity contribution in [1.82, 2.24) is 10.3 Å². The molecule has 1 aromatic heterocycles. The van der Waals surface area contributed by atoms with E-state index >= 15 is 0 Å². The number of aromatic nitrogens is 1. The van der Waals surface area contributed by atoms with Crippen LogP contribution in [0.5, 0.6) is 0 Å². The summed E-state index contributed by atoms with van der Waals surface area (Å²) >= 11 is 0. The molecule has 1 atom stereocenters. The molecule has 8 heteroatoms. The summed E-state index contributed by atoms with van der Waals surface area (Å²) in [4.78, 5) is 4.21. The topological polar surface area (TPSA) is 58.2 Å². The molecular formula is C25H33F3N4O. The normalized spacial score (nSPS) is 22.6. The highest BCUT2D eigenvalue weighted by atomic mass is 19.1. The Morgan fingerprint density at radius 3 is 2.52 bits per heavy atom. The monoisotopic (exact) mass is 462 g/mol. The van der Waals surface area contributed by atoms with Crippen molar-refractivity contribution in [2.24, 2.45) is 0 Å². The number of alkyl halides is 1. The molecule has 2 aromatic rings. The van der Waals surface area contributed by atoms with Crippen LogP contribution in [-0.4, -0.2) is 49.0 Å². The van der Waals surface area contributed by atoms with Gasteiger partial charge in [-0.05, 0) is 69.2 Å². The molecule has 1 aromatic carbocycles. The van der Waals surface area contributed by atoms with Crippen molar-refractivity contribution in [3.8, 4) is 11.1 Å². The maximum Gasteiger partial charge on any atom is 0.149 e. The number of nitrogens with zero attached hydrogens (tertiary/aromatic N) is 1. The number of methoxy groups -OCH3 is 1. The predicted molar refractivity (Wildman–Crippen MR) is 125 cm³/mol. The number of benzene rings is 1. The average molecular weight is 463 g/mol. The van der Waals surface area contributed by atoms with Gasteiger partial charge in [-0.2, -0.15) is 0 Å². The lowest BCUT2D eigenvalue weighted by Crippen LogP contribution is -2.42. The predicted octanol–water partition coefficient (Wildman–Crippen LogP) is 5.29. The molecule has 0 radical (unpaired) electrons. The second-order valence-electron chi connectivity index (χ2n) is 9.46. The fourth-order valence-corrected chi connectivity index (χ4v) is 4.45. The molecule has 0 unspecified atom stereocenters. The van der Waals surface area contributed by atoms with E-state index in [0.717, 1.165) is 25.7 Å². The van der Waals surface area contributed by atoms with E-state index in [9.17, 15) is 13.2 Å². The van der Waals surface area contributed by atoms with Crippen LogP contribution in [0, 0.1) is 11.6 Å². The molecule has 33 heavy (non-hydrogen) atoms. The Labute approximate surface area is 193 Å². The minimum absolute atomic E-state index is 0.0563. The lowest BCUT2D eigenvalue weighted by Gasteiger charge is -2.31. The molecule has 3 N–H and O–H groups in total. The first-order valence-corrected chi connectivity index (χ1v) is 11.7. The van der Waals surface area contributed by atoms with Gasteiger partial charge in [0.25, 0.3) is 0 Å². The molecule has 0 saturated heterocycles. The van der Waals surface area contributed by atoms with Crippen LogP contribution in [-0.2, 0) is 4.74 Å². The van der Waals surface area contributed by atoms with E-state index in [1.54, 1.807) is 13.2 Å². The molecule has 2 aliphatic carbocycles. The second-order valence-corrected chi connectivity index (χ2v) is 9.46. The van der Waals surface area contributed by atoms with Crippen LogP contribution < -0.4 is 16.0 Å². The van der Waals surface area contributed by atoms with E-state index < -0.39 is 17.3 Å². The average Bonchev–Trinajstić information content (AvgIpc) is 3.53. The summed E-state index contributed by atoms with van der Waals surface area (Å²) in [6.45, 7) is 2.87. The first kappa shape index (κ1) is 23.8. The van der Waals surface area contributed by atoms with Crippen LogP contribution in [0.2, 0.25) is 0 Å². The molecule has 5 nitrogen and oxygen atoms in total. The molecule has 0 spiro atoms. The fraction of sp³-hybridized carbons (Fsp3) is 0.560. The van der Waals surface area contributed by atoms with Crippen LogP contribution in [0.15, 0.2) is 30.5 Å². The molecule has 2 aliphatic rings. The van der Waals surface area contributed by atoms with E-state index in [0.29, 0.717) is 48.5 Å². The van der Waals surface area contributed by atoms with Gasteiger partial charge in [-0.3, -0.25) is 0 Å². The summed E-state index contributed by atoms with van der Waals surface area (Å²) in [5.41, 5.74) is -0.223. The first-order chi connectivity index (χ1) is 15.8. The molecule has 1 heterocycles. The van der Waals surface area contributed by atoms with Crippen molar-refractivity contribution in [3.63, 3.8) is 0 Å². The minimum Gasteiger partial charge on any atom is -0.383 e. The Kier molecular flexibility index (Phi) is 7.44. The van der Waals surface area contributed by atoms with E-state index in [-0.39, 0.29) is 18.3 Å². The molecule has 2 saturated carbocycles. The Morgan fingerprint density at radius 2 is 1.82 bits per heavy atom. The Hall–Kier alpha value is -2.32. The van der Waals surface area contributed by atoms with Crippen LogP contribution in [0.3, 0.4) is 0 Å². The van der Waals surface area contributed by atoms with Crippen molar-refractivity contribution in [2.75, 3.05) is 30.9 Å². The number of hydrogen-bond donors (Lipinski definition) is 3. The van der Waals surface area contributed by atoms with Gasteiger partial charge in [0.2, 0.25) is 0 Å². The zero-order chi connectivity index (χ0) is 23.4. The fourth-order valence-electron chi connectivity index (χ4n) is 4.45. The highest BCUT2D eigenvalue weighted by Crippen LogP contribution is 2.40. The molecule has 2 fully saturated rings. The lowest BCUT2D eigenvalue weighted by atomic mass is 9.90. The summed E-state index contributed by atoms with van der Waals surface area (Å²) in [7, 11) is 1.71. The molecule has 0 aliphatic heterocycles. The summed E-state index contributed by atoms with van der Waals surface area (Å²) < 4.78 is 47.9. The van der Waals surface area contributed by atoms with Crippen LogP contribution >= 0.6 is 0 Å². The Morgan fingerprint density at radius 1 is 1.09 bits per heavy atom. The van der Waals surface area contributed by atoms with Crippen molar-refractivity contribution in [1.29, 1.82) is 0 Å². The third-order valence-corrected chi connectivity index (χ3v) is 6.54. The minimum atomic E-state index is -1.25. The standard InChI is InChI=1S/C25H33F3N4O/c1-16(14-33-2)31-18-4-6-19(7-5-18)32-24-12-20(22(27)13-29-24)17-3-8-21(26)23(11-17)30-15-25(28)9-10-25/h3,8,11-13,16,18-19,30-31H,4-7,9-10,14-15H2,1-2H3,(H,29,32)/t16-,18-,19-/m0/s1. The summed E-state index contributed by atoms with van der Waals surface area (Å²) in [6, 6.07) is 7.05. The molecule has 4 rings (SSSR count). The molecule has 180 valence electrons. The van der Waals surface area contributed by atoms with E-state index in [1.165, 1.54) is 24.4 Å². The molecule has 0 amide bonds. The third kappa shape index (κ3) is 6.38. The highest BCUT2D eigenvalue weighted by molar-refractivity contribution is 5.71. The Balaban J connectivity index is 1.39. The first-order valence-electron chi connectivity index (χ1n) is 11.7. The van der Waals surface area contributed by atoms with E-state index in [4.69, 9.17) is 4.74 Å². The van der Waals surface area contributed by atoms with Gasteiger partial charge in [0.15, 0.2) is 0 Å².